The molecule has 4 nitrogen and oxygen atoms in total. The van der Waals surface area contributed by atoms with E-state index in [0.29, 0.717) is 19.8 Å². The molecule has 0 unspecified atom stereocenters. The van der Waals surface area contributed by atoms with Gasteiger partial charge in [-0.15, -0.1) is 0 Å². The highest BCUT2D eigenvalue weighted by atomic mass is 16.5. The number of hydrogen-bond acceptors (Lipinski definition) is 3. The van der Waals surface area contributed by atoms with Crippen LogP contribution in [0.5, 0.6) is 0 Å². The molecule has 1 aliphatic heterocycles. The summed E-state index contributed by atoms with van der Waals surface area (Å²) in [5.74, 6) is 0.0187. The molecule has 0 atom stereocenters. The van der Waals surface area contributed by atoms with Crippen LogP contribution in [0, 0.1) is 0 Å². The maximum absolute atomic E-state index is 11.9. The maximum Gasteiger partial charge on any atom is 0.249 e. The second kappa shape index (κ2) is 20.4. The Bertz CT molecular complexity index is 525. The first-order chi connectivity index (χ1) is 15.3. The van der Waals surface area contributed by atoms with Gasteiger partial charge in [0.1, 0.15) is 6.73 Å². The zero-order valence-corrected chi connectivity index (χ0v) is 20.4. The van der Waals surface area contributed by atoms with E-state index in [9.17, 15) is 4.79 Å². The second-order valence-electron chi connectivity index (χ2n) is 8.61. The molecule has 1 amide bonds. The first kappa shape index (κ1) is 27.5. The van der Waals surface area contributed by atoms with E-state index in [0.717, 1.165) is 18.6 Å². The van der Waals surface area contributed by atoms with E-state index in [1.54, 1.807) is 0 Å². The zero-order valence-electron chi connectivity index (χ0n) is 20.4. The number of rotatable bonds is 20. The van der Waals surface area contributed by atoms with Crippen LogP contribution in [0.1, 0.15) is 104 Å². The van der Waals surface area contributed by atoms with Gasteiger partial charge in [-0.25, -0.2) is 0 Å². The van der Waals surface area contributed by atoms with Crippen LogP contribution in [0.25, 0.3) is 0 Å². The number of ether oxygens (including phenoxy) is 1. The lowest BCUT2D eigenvalue weighted by molar-refractivity contribution is -0.117. The van der Waals surface area contributed by atoms with Crippen molar-refractivity contribution < 1.29 is 9.53 Å². The van der Waals surface area contributed by atoms with E-state index >= 15 is 0 Å². The SMILES string of the molecule is CCCCCCCCC=CCCCCCCCCOCN1C=CC=C(C(=O)NCC)C1. The molecular weight excluding hydrogens is 384 g/mol. The molecule has 0 saturated carbocycles. The molecule has 0 aromatic rings. The number of amides is 1. The van der Waals surface area contributed by atoms with Crippen molar-refractivity contribution in [3.05, 3.63) is 36.1 Å². The Kier molecular flexibility index (Phi) is 18.0. The summed E-state index contributed by atoms with van der Waals surface area (Å²) in [5, 5.41) is 2.85. The summed E-state index contributed by atoms with van der Waals surface area (Å²) in [6, 6.07) is 0. The molecule has 1 heterocycles. The Morgan fingerprint density at radius 1 is 0.935 bits per heavy atom. The van der Waals surface area contributed by atoms with E-state index in [2.05, 4.69) is 24.4 Å². The third-order valence-electron chi connectivity index (χ3n) is 5.65. The summed E-state index contributed by atoms with van der Waals surface area (Å²) in [4.78, 5) is 13.9. The van der Waals surface area contributed by atoms with Crippen LogP contribution in [0.15, 0.2) is 36.1 Å². The van der Waals surface area contributed by atoms with Crippen LogP contribution in [0.4, 0.5) is 0 Å². The Hall–Kier alpha value is -1.55. The number of likely N-dealkylation sites (N-methyl/N-ethyl adjacent to an activating group) is 1. The molecule has 0 saturated heterocycles. The minimum absolute atomic E-state index is 0.0187. The normalized spacial score (nSPS) is 13.7. The van der Waals surface area contributed by atoms with Gasteiger partial charge < -0.3 is 15.0 Å². The van der Waals surface area contributed by atoms with Crippen LogP contribution < -0.4 is 5.32 Å². The molecule has 1 rings (SSSR count). The van der Waals surface area contributed by atoms with Gasteiger partial charge in [0.2, 0.25) is 5.91 Å². The van der Waals surface area contributed by atoms with E-state index in [1.807, 2.05) is 30.2 Å². The molecule has 0 aromatic carbocycles. The fourth-order valence-electron chi connectivity index (χ4n) is 3.75. The largest absolute Gasteiger partial charge is 0.361 e. The molecule has 0 aliphatic carbocycles. The van der Waals surface area contributed by atoms with E-state index < -0.39 is 0 Å². The van der Waals surface area contributed by atoms with Gasteiger partial charge in [0.25, 0.3) is 0 Å². The van der Waals surface area contributed by atoms with Gasteiger partial charge in [-0.3, -0.25) is 4.79 Å². The summed E-state index contributed by atoms with van der Waals surface area (Å²) in [7, 11) is 0. The van der Waals surface area contributed by atoms with Crippen LogP contribution in [-0.4, -0.2) is 37.2 Å². The molecular formula is C27H48N2O2. The van der Waals surface area contributed by atoms with Crippen molar-refractivity contribution in [2.45, 2.75) is 104 Å². The standard InChI is InChI=1S/C27H48N2O2/c1-3-5-6-7-8-9-10-11-12-13-14-15-16-17-18-19-23-31-25-29-22-20-21-26(24-29)27(30)28-4-2/h11-12,20-22H,3-10,13-19,23-25H2,1-2H3,(H,28,30). The lowest BCUT2D eigenvalue weighted by Gasteiger charge is -2.24. The predicted octanol–water partition coefficient (Wildman–Crippen LogP) is 6.89. The van der Waals surface area contributed by atoms with Crippen molar-refractivity contribution >= 4 is 5.91 Å². The molecule has 178 valence electrons. The number of nitrogens with zero attached hydrogens (tertiary/aromatic N) is 1. The fraction of sp³-hybridized carbons (Fsp3) is 0.741. The average molecular weight is 433 g/mol. The highest BCUT2D eigenvalue weighted by Gasteiger charge is 2.13. The molecule has 0 spiro atoms. The van der Waals surface area contributed by atoms with Gasteiger partial charge in [0.15, 0.2) is 0 Å². The van der Waals surface area contributed by atoms with Gasteiger partial charge in [-0.1, -0.05) is 82.9 Å². The Balaban J connectivity index is 1.84. The molecule has 31 heavy (non-hydrogen) atoms. The van der Waals surface area contributed by atoms with Crippen LogP contribution in [0.3, 0.4) is 0 Å². The van der Waals surface area contributed by atoms with E-state index in [1.165, 1.54) is 83.5 Å². The Morgan fingerprint density at radius 2 is 1.55 bits per heavy atom. The number of carbonyl (C=O) groups excluding carboxylic acids is 1. The maximum atomic E-state index is 11.9. The van der Waals surface area contributed by atoms with Crippen LogP contribution >= 0.6 is 0 Å². The smallest absolute Gasteiger partial charge is 0.249 e. The van der Waals surface area contributed by atoms with E-state index in [4.69, 9.17) is 4.74 Å². The van der Waals surface area contributed by atoms with Gasteiger partial charge in [-0.2, -0.15) is 0 Å². The van der Waals surface area contributed by atoms with Gasteiger partial charge in [-0.05, 0) is 45.1 Å². The lowest BCUT2D eigenvalue weighted by Crippen LogP contribution is -2.33. The number of unbranched alkanes of at least 4 members (excludes halogenated alkanes) is 12. The van der Waals surface area contributed by atoms with Crippen molar-refractivity contribution in [3.8, 4) is 0 Å². The Labute approximate surface area is 192 Å². The summed E-state index contributed by atoms with van der Waals surface area (Å²) >= 11 is 0. The van der Waals surface area contributed by atoms with Crippen LogP contribution in [0.2, 0.25) is 0 Å². The van der Waals surface area contributed by atoms with Crippen molar-refractivity contribution in [2.24, 2.45) is 0 Å². The van der Waals surface area contributed by atoms with Gasteiger partial charge >= 0.3 is 0 Å². The number of nitrogens with one attached hydrogen (secondary N) is 1. The molecule has 0 fully saturated rings. The summed E-state index contributed by atoms with van der Waals surface area (Å²) in [6.45, 7) is 6.84. The first-order valence-corrected chi connectivity index (χ1v) is 12.9. The van der Waals surface area contributed by atoms with Crippen molar-refractivity contribution in [1.82, 2.24) is 10.2 Å². The minimum Gasteiger partial charge on any atom is -0.361 e. The topological polar surface area (TPSA) is 41.6 Å². The molecule has 0 bridgehead atoms. The minimum atomic E-state index is 0.0187. The van der Waals surface area contributed by atoms with Crippen molar-refractivity contribution in [3.63, 3.8) is 0 Å². The number of hydrogen-bond donors (Lipinski definition) is 1. The summed E-state index contributed by atoms with van der Waals surface area (Å²) in [6.07, 6.45) is 29.1. The third-order valence-corrected chi connectivity index (χ3v) is 5.65. The van der Waals surface area contributed by atoms with Gasteiger partial charge in [0.05, 0.1) is 6.54 Å². The molecule has 1 N–H and O–H groups in total. The lowest BCUT2D eigenvalue weighted by atomic mass is 10.1. The summed E-state index contributed by atoms with van der Waals surface area (Å²) in [5.41, 5.74) is 0.796. The zero-order chi connectivity index (χ0) is 22.4. The van der Waals surface area contributed by atoms with Crippen molar-refractivity contribution in [2.75, 3.05) is 26.4 Å². The average Bonchev–Trinajstić information content (AvgIpc) is 2.78. The van der Waals surface area contributed by atoms with Crippen molar-refractivity contribution in [1.29, 1.82) is 0 Å². The third kappa shape index (κ3) is 15.8. The number of carbonyl (C=O) groups is 1. The fourth-order valence-corrected chi connectivity index (χ4v) is 3.75. The predicted molar refractivity (Wildman–Crippen MR) is 133 cm³/mol. The van der Waals surface area contributed by atoms with Crippen LogP contribution in [-0.2, 0) is 9.53 Å². The highest BCUT2D eigenvalue weighted by molar-refractivity contribution is 5.94. The molecule has 4 heteroatoms. The highest BCUT2D eigenvalue weighted by Crippen LogP contribution is 2.11. The monoisotopic (exact) mass is 432 g/mol. The second-order valence-corrected chi connectivity index (χ2v) is 8.61. The first-order valence-electron chi connectivity index (χ1n) is 12.9. The van der Waals surface area contributed by atoms with E-state index in [-0.39, 0.29) is 5.91 Å². The summed E-state index contributed by atoms with van der Waals surface area (Å²) < 4.78 is 5.79. The quantitative estimate of drug-likeness (QED) is 0.168. The number of allylic oxidation sites excluding steroid dienone is 4. The van der Waals surface area contributed by atoms with Gasteiger partial charge in [0, 0.05) is 24.9 Å². The molecule has 1 aliphatic rings. The Morgan fingerprint density at radius 3 is 2.19 bits per heavy atom. The molecule has 0 aromatic heterocycles. The molecule has 0 radical (unpaired) electrons.